The van der Waals surface area contributed by atoms with Crippen molar-refractivity contribution in [1.29, 1.82) is 0 Å². The van der Waals surface area contributed by atoms with Crippen molar-refractivity contribution in [1.82, 2.24) is 9.78 Å². The van der Waals surface area contributed by atoms with E-state index in [4.69, 9.17) is 5.73 Å². The molecular formula is C13H23N3. The van der Waals surface area contributed by atoms with E-state index in [1.54, 1.807) is 0 Å². The molecule has 3 atom stereocenters. The van der Waals surface area contributed by atoms with Crippen LogP contribution in [0.4, 0.5) is 0 Å². The molecule has 0 saturated heterocycles. The fraction of sp³-hybridized carbons (Fsp3) is 0.769. The number of nitrogens with two attached hydrogens (primary N) is 1. The van der Waals surface area contributed by atoms with E-state index in [1.165, 1.54) is 31.2 Å². The molecule has 1 aliphatic carbocycles. The fourth-order valence-electron chi connectivity index (χ4n) is 2.88. The molecule has 0 spiro atoms. The maximum atomic E-state index is 5.88. The Bertz CT molecular complexity index is 332. The lowest BCUT2D eigenvalue weighted by Gasteiger charge is -2.35. The molecule has 3 heteroatoms. The molecule has 0 amide bonds. The maximum absolute atomic E-state index is 5.88. The highest BCUT2D eigenvalue weighted by Crippen LogP contribution is 2.37. The molecule has 0 bridgehead atoms. The average Bonchev–Trinajstić information content (AvgIpc) is 2.75. The lowest BCUT2D eigenvalue weighted by atomic mass is 9.77. The van der Waals surface area contributed by atoms with Gasteiger partial charge in [-0.25, -0.2) is 0 Å². The molecule has 2 N–H and O–H groups in total. The third kappa shape index (κ3) is 2.29. The van der Waals surface area contributed by atoms with Gasteiger partial charge in [-0.3, -0.25) is 4.68 Å². The van der Waals surface area contributed by atoms with Crippen molar-refractivity contribution in [3.8, 4) is 0 Å². The Morgan fingerprint density at radius 1 is 1.50 bits per heavy atom. The molecular weight excluding hydrogens is 198 g/mol. The van der Waals surface area contributed by atoms with Crippen molar-refractivity contribution >= 4 is 0 Å². The van der Waals surface area contributed by atoms with Crippen LogP contribution >= 0.6 is 0 Å². The minimum Gasteiger partial charge on any atom is -0.330 e. The van der Waals surface area contributed by atoms with Gasteiger partial charge in [0.15, 0.2) is 0 Å². The Kier molecular flexibility index (Phi) is 3.64. The zero-order chi connectivity index (χ0) is 11.5. The van der Waals surface area contributed by atoms with E-state index in [0.29, 0.717) is 12.0 Å². The Hall–Kier alpha value is -0.830. The molecule has 1 saturated carbocycles. The highest BCUT2D eigenvalue weighted by Gasteiger charge is 2.30. The van der Waals surface area contributed by atoms with Crippen LogP contribution in [-0.2, 0) is 0 Å². The molecule has 0 aromatic carbocycles. The van der Waals surface area contributed by atoms with E-state index in [0.717, 1.165) is 12.5 Å². The minimum atomic E-state index is 0.525. The van der Waals surface area contributed by atoms with Crippen molar-refractivity contribution in [3.05, 3.63) is 18.0 Å². The molecule has 3 nitrogen and oxygen atoms in total. The van der Waals surface area contributed by atoms with Crippen LogP contribution in [0.15, 0.2) is 12.4 Å². The second-order valence-corrected chi connectivity index (χ2v) is 5.15. The van der Waals surface area contributed by atoms with Gasteiger partial charge in [0.2, 0.25) is 0 Å². The van der Waals surface area contributed by atoms with Crippen LogP contribution in [0.1, 0.15) is 44.2 Å². The van der Waals surface area contributed by atoms with Gasteiger partial charge in [0, 0.05) is 6.20 Å². The van der Waals surface area contributed by atoms with Gasteiger partial charge in [-0.05, 0) is 50.1 Å². The van der Waals surface area contributed by atoms with Gasteiger partial charge in [0.25, 0.3) is 0 Å². The first-order valence-electron chi connectivity index (χ1n) is 6.45. The maximum Gasteiger partial charge on any atom is 0.0562 e. The Morgan fingerprint density at radius 3 is 2.88 bits per heavy atom. The highest BCUT2D eigenvalue weighted by molar-refractivity contribution is 5.01. The third-order valence-electron chi connectivity index (χ3n) is 4.02. The zero-order valence-corrected chi connectivity index (χ0v) is 10.4. The van der Waals surface area contributed by atoms with Crippen LogP contribution < -0.4 is 5.73 Å². The number of hydrogen-bond acceptors (Lipinski definition) is 2. The van der Waals surface area contributed by atoms with Gasteiger partial charge in [0.05, 0.1) is 12.2 Å². The molecule has 90 valence electrons. The SMILES string of the molecule is CCC1CCC(CN)C(n2cc(C)cn2)C1. The minimum absolute atomic E-state index is 0.525. The van der Waals surface area contributed by atoms with Crippen LogP contribution in [0.2, 0.25) is 0 Å². The predicted octanol–water partition coefficient (Wildman–Crippen LogP) is 2.52. The smallest absolute Gasteiger partial charge is 0.0562 e. The molecule has 0 aliphatic heterocycles. The van der Waals surface area contributed by atoms with Crippen molar-refractivity contribution in [3.63, 3.8) is 0 Å². The van der Waals surface area contributed by atoms with E-state index < -0.39 is 0 Å². The molecule has 0 radical (unpaired) electrons. The quantitative estimate of drug-likeness (QED) is 0.852. The first kappa shape index (κ1) is 11.6. The summed E-state index contributed by atoms with van der Waals surface area (Å²) in [4.78, 5) is 0. The first-order valence-corrected chi connectivity index (χ1v) is 6.45. The molecule has 1 aromatic heterocycles. The monoisotopic (exact) mass is 221 g/mol. The molecule has 2 rings (SSSR count). The summed E-state index contributed by atoms with van der Waals surface area (Å²) in [6.07, 6.45) is 9.25. The molecule has 3 unspecified atom stereocenters. The number of hydrogen-bond donors (Lipinski definition) is 1. The summed E-state index contributed by atoms with van der Waals surface area (Å²) >= 11 is 0. The summed E-state index contributed by atoms with van der Waals surface area (Å²) < 4.78 is 2.15. The van der Waals surface area contributed by atoms with E-state index >= 15 is 0 Å². The average molecular weight is 221 g/mol. The third-order valence-corrected chi connectivity index (χ3v) is 4.02. The van der Waals surface area contributed by atoms with Gasteiger partial charge in [-0.15, -0.1) is 0 Å². The summed E-state index contributed by atoms with van der Waals surface area (Å²) in [7, 11) is 0. The van der Waals surface area contributed by atoms with Crippen LogP contribution in [0.25, 0.3) is 0 Å². The van der Waals surface area contributed by atoms with Gasteiger partial charge in [0.1, 0.15) is 0 Å². The number of aryl methyl sites for hydroxylation is 1. The van der Waals surface area contributed by atoms with E-state index in [1.807, 2.05) is 6.20 Å². The highest BCUT2D eigenvalue weighted by atomic mass is 15.3. The summed E-state index contributed by atoms with van der Waals surface area (Å²) in [5.74, 6) is 1.47. The van der Waals surface area contributed by atoms with Crippen molar-refractivity contribution in [2.24, 2.45) is 17.6 Å². The van der Waals surface area contributed by atoms with Crippen molar-refractivity contribution in [2.45, 2.75) is 45.6 Å². The fourth-order valence-corrected chi connectivity index (χ4v) is 2.88. The molecule has 16 heavy (non-hydrogen) atoms. The summed E-state index contributed by atoms with van der Waals surface area (Å²) in [6.45, 7) is 5.18. The molecule has 1 heterocycles. The van der Waals surface area contributed by atoms with Crippen molar-refractivity contribution in [2.75, 3.05) is 6.54 Å². The zero-order valence-electron chi connectivity index (χ0n) is 10.4. The molecule has 1 aromatic rings. The van der Waals surface area contributed by atoms with Crippen LogP contribution in [0, 0.1) is 18.8 Å². The standard InChI is InChI=1S/C13H23N3/c1-3-11-4-5-12(7-14)13(6-11)16-9-10(2)8-15-16/h8-9,11-13H,3-7,14H2,1-2H3. The van der Waals surface area contributed by atoms with Gasteiger partial charge >= 0.3 is 0 Å². The second-order valence-electron chi connectivity index (χ2n) is 5.15. The molecule has 1 aliphatic rings. The summed E-state index contributed by atoms with van der Waals surface area (Å²) in [5, 5.41) is 4.47. The number of rotatable bonds is 3. The molecule has 1 fully saturated rings. The van der Waals surface area contributed by atoms with Gasteiger partial charge in [-0.2, -0.15) is 5.10 Å². The van der Waals surface area contributed by atoms with E-state index in [9.17, 15) is 0 Å². The Morgan fingerprint density at radius 2 is 2.31 bits per heavy atom. The normalized spacial score (nSPS) is 30.6. The van der Waals surface area contributed by atoms with E-state index in [2.05, 4.69) is 29.8 Å². The largest absolute Gasteiger partial charge is 0.330 e. The van der Waals surface area contributed by atoms with E-state index in [-0.39, 0.29) is 0 Å². The predicted molar refractivity (Wildman–Crippen MR) is 66.2 cm³/mol. The number of aromatic nitrogens is 2. The Balaban J connectivity index is 2.14. The van der Waals surface area contributed by atoms with Crippen LogP contribution in [-0.4, -0.2) is 16.3 Å². The lowest BCUT2D eigenvalue weighted by molar-refractivity contribution is 0.173. The lowest BCUT2D eigenvalue weighted by Crippen LogP contribution is -2.32. The Labute approximate surface area is 98.0 Å². The van der Waals surface area contributed by atoms with Gasteiger partial charge in [-0.1, -0.05) is 13.3 Å². The first-order chi connectivity index (χ1) is 7.74. The summed E-state index contributed by atoms with van der Waals surface area (Å²) in [5.41, 5.74) is 7.13. The van der Waals surface area contributed by atoms with Gasteiger partial charge < -0.3 is 5.73 Å². The van der Waals surface area contributed by atoms with Crippen molar-refractivity contribution < 1.29 is 0 Å². The van der Waals surface area contributed by atoms with Crippen LogP contribution in [0.3, 0.4) is 0 Å². The summed E-state index contributed by atoms with van der Waals surface area (Å²) in [6, 6.07) is 0.525. The second kappa shape index (κ2) is 5.00. The number of nitrogens with zero attached hydrogens (tertiary/aromatic N) is 2. The topological polar surface area (TPSA) is 43.8 Å². The van der Waals surface area contributed by atoms with Crippen LogP contribution in [0.5, 0.6) is 0 Å².